The van der Waals surface area contributed by atoms with E-state index in [0.29, 0.717) is 49.2 Å². The summed E-state index contributed by atoms with van der Waals surface area (Å²) in [5.74, 6) is 2.58. The molecule has 0 unspecified atom stereocenters. The zero-order chi connectivity index (χ0) is 29.9. The molecule has 0 radical (unpaired) electrons. The fourth-order valence-corrected chi connectivity index (χ4v) is 5.09. The molecule has 42 heavy (non-hydrogen) atoms. The van der Waals surface area contributed by atoms with Crippen LogP contribution in [-0.2, 0) is 9.59 Å². The van der Waals surface area contributed by atoms with Gasteiger partial charge < -0.3 is 28.7 Å². The van der Waals surface area contributed by atoms with E-state index >= 15 is 0 Å². The molecule has 2 aliphatic heterocycles. The fourth-order valence-electron chi connectivity index (χ4n) is 5.09. The molecule has 0 aromatic heterocycles. The summed E-state index contributed by atoms with van der Waals surface area (Å²) in [5.41, 5.74) is 1.88. The minimum absolute atomic E-state index is 0.0322. The summed E-state index contributed by atoms with van der Waals surface area (Å²) in [6, 6.07) is 11.4. The Morgan fingerprint density at radius 2 is 1.05 bits per heavy atom. The summed E-state index contributed by atoms with van der Waals surface area (Å²) >= 11 is 0. The minimum atomic E-state index is -0.0322. The summed E-state index contributed by atoms with van der Waals surface area (Å²) in [5, 5.41) is 0. The predicted molar refractivity (Wildman–Crippen MR) is 164 cm³/mol. The van der Waals surface area contributed by atoms with Crippen molar-refractivity contribution in [3.8, 4) is 23.0 Å². The number of carbonyl (C=O) groups is 2. The summed E-state index contributed by atoms with van der Waals surface area (Å²) in [6.45, 7) is 4.14. The zero-order valence-electron chi connectivity index (χ0n) is 24.7. The molecule has 2 fully saturated rings. The van der Waals surface area contributed by atoms with Gasteiger partial charge in [-0.3, -0.25) is 14.5 Å². The highest BCUT2D eigenvalue weighted by molar-refractivity contribution is 5.89. The summed E-state index contributed by atoms with van der Waals surface area (Å²) < 4.78 is 21.2. The van der Waals surface area contributed by atoms with Crippen molar-refractivity contribution in [2.45, 2.75) is 6.04 Å². The number of benzene rings is 2. The van der Waals surface area contributed by atoms with Crippen molar-refractivity contribution in [1.82, 2.24) is 14.7 Å². The standard InChI is InChI=1S/C33H39N3O6/c1-39-28-15-13-25(21-30(28)41-3)9-5-7-11-32(37)35-19-17-34-18-20-36(24-27(34)23-35)33(38)12-8-6-10-26-14-16-29(40-2)31(22-26)42-4/h5-16,21-22,27H,17-20,23-24H2,1-4H3. The number of nitrogens with zero attached hydrogens (tertiary/aromatic N) is 3. The second kappa shape index (κ2) is 14.9. The Hall–Kier alpha value is -4.50. The van der Waals surface area contributed by atoms with Crippen LogP contribution >= 0.6 is 0 Å². The van der Waals surface area contributed by atoms with Crippen molar-refractivity contribution in [1.29, 1.82) is 0 Å². The van der Waals surface area contributed by atoms with Crippen molar-refractivity contribution in [3.63, 3.8) is 0 Å². The average Bonchev–Trinajstić information content (AvgIpc) is 3.03. The smallest absolute Gasteiger partial charge is 0.246 e. The molecule has 0 atom stereocenters. The highest BCUT2D eigenvalue weighted by Gasteiger charge is 2.34. The first kappa shape index (κ1) is 30.5. The number of rotatable bonds is 10. The van der Waals surface area contributed by atoms with Gasteiger partial charge in [0.2, 0.25) is 11.8 Å². The highest BCUT2D eigenvalue weighted by atomic mass is 16.5. The summed E-state index contributed by atoms with van der Waals surface area (Å²) in [4.78, 5) is 31.9. The Morgan fingerprint density at radius 3 is 1.45 bits per heavy atom. The van der Waals surface area contributed by atoms with Gasteiger partial charge in [-0.25, -0.2) is 0 Å². The number of carbonyl (C=O) groups excluding carboxylic acids is 2. The van der Waals surface area contributed by atoms with Gasteiger partial charge in [-0.2, -0.15) is 0 Å². The predicted octanol–water partition coefficient (Wildman–Crippen LogP) is 3.92. The third-order valence-corrected chi connectivity index (χ3v) is 7.41. The molecule has 2 heterocycles. The lowest BCUT2D eigenvalue weighted by Crippen LogP contribution is -2.63. The average molecular weight is 574 g/mol. The number of piperazine rings is 2. The molecule has 2 aromatic carbocycles. The van der Waals surface area contributed by atoms with Crippen LogP contribution in [0.15, 0.2) is 72.9 Å². The van der Waals surface area contributed by atoms with Gasteiger partial charge >= 0.3 is 0 Å². The van der Waals surface area contributed by atoms with E-state index in [0.717, 1.165) is 24.2 Å². The van der Waals surface area contributed by atoms with Gasteiger partial charge in [-0.15, -0.1) is 0 Å². The van der Waals surface area contributed by atoms with E-state index in [1.54, 1.807) is 52.7 Å². The third kappa shape index (κ3) is 7.82. The lowest BCUT2D eigenvalue weighted by atomic mass is 10.1. The molecule has 0 bridgehead atoms. The number of ether oxygens (including phenoxy) is 4. The highest BCUT2D eigenvalue weighted by Crippen LogP contribution is 2.29. The zero-order valence-corrected chi connectivity index (χ0v) is 24.7. The van der Waals surface area contributed by atoms with Crippen molar-refractivity contribution in [2.24, 2.45) is 0 Å². The molecular formula is C33H39N3O6. The Kier molecular flexibility index (Phi) is 10.8. The van der Waals surface area contributed by atoms with Gasteiger partial charge in [0.05, 0.1) is 28.4 Å². The van der Waals surface area contributed by atoms with Crippen molar-refractivity contribution >= 4 is 24.0 Å². The summed E-state index contributed by atoms with van der Waals surface area (Å²) in [7, 11) is 6.40. The largest absolute Gasteiger partial charge is 0.493 e. The first-order valence-corrected chi connectivity index (χ1v) is 13.9. The normalized spacial score (nSPS) is 17.8. The monoisotopic (exact) mass is 573 g/mol. The molecule has 0 aliphatic carbocycles. The van der Waals surface area contributed by atoms with E-state index in [1.807, 2.05) is 70.5 Å². The van der Waals surface area contributed by atoms with Crippen LogP contribution in [0.1, 0.15) is 11.1 Å². The first-order chi connectivity index (χ1) is 20.4. The maximum Gasteiger partial charge on any atom is 0.246 e. The molecular weight excluding hydrogens is 534 g/mol. The fraction of sp³-hybridized carbons (Fsp3) is 0.333. The topological polar surface area (TPSA) is 80.8 Å². The molecule has 2 amide bonds. The van der Waals surface area contributed by atoms with Crippen molar-refractivity contribution < 1.29 is 28.5 Å². The van der Waals surface area contributed by atoms with Crippen LogP contribution < -0.4 is 18.9 Å². The number of amides is 2. The van der Waals surface area contributed by atoms with E-state index in [4.69, 9.17) is 18.9 Å². The van der Waals surface area contributed by atoms with Crippen LogP contribution in [0.4, 0.5) is 0 Å². The van der Waals surface area contributed by atoms with Crippen molar-refractivity contribution in [2.75, 3.05) is 67.7 Å². The Balaban J connectivity index is 1.27. The lowest BCUT2D eigenvalue weighted by molar-refractivity contribution is -0.133. The van der Waals surface area contributed by atoms with Crippen molar-refractivity contribution in [3.05, 3.63) is 84.0 Å². The molecule has 9 heteroatoms. The van der Waals surface area contributed by atoms with Crippen LogP contribution in [0.2, 0.25) is 0 Å². The van der Waals surface area contributed by atoms with Crippen LogP contribution in [0.25, 0.3) is 12.2 Å². The number of fused-ring (bicyclic) bond motifs is 1. The van der Waals surface area contributed by atoms with Gasteiger partial charge in [-0.05, 0) is 35.4 Å². The van der Waals surface area contributed by atoms with Gasteiger partial charge in [0, 0.05) is 57.5 Å². The van der Waals surface area contributed by atoms with Crippen LogP contribution in [0.5, 0.6) is 23.0 Å². The van der Waals surface area contributed by atoms with E-state index in [-0.39, 0.29) is 17.9 Å². The maximum absolute atomic E-state index is 12.9. The second-order valence-corrected chi connectivity index (χ2v) is 9.92. The van der Waals surface area contributed by atoms with Crippen LogP contribution in [0.3, 0.4) is 0 Å². The second-order valence-electron chi connectivity index (χ2n) is 9.92. The first-order valence-electron chi connectivity index (χ1n) is 13.9. The van der Waals surface area contributed by atoms with Gasteiger partial charge in [0.25, 0.3) is 0 Å². The van der Waals surface area contributed by atoms with Crippen LogP contribution in [0, 0.1) is 0 Å². The molecule has 2 saturated heterocycles. The molecule has 2 aromatic rings. The van der Waals surface area contributed by atoms with Gasteiger partial charge in [0.15, 0.2) is 23.0 Å². The van der Waals surface area contributed by atoms with E-state index in [1.165, 1.54) is 0 Å². The minimum Gasteiger partial charge on any atom is -0.493 e. The molecule has 0 spiro atoms. The molecule has 4 rings (SSSR count). The SMILES string of the molecule is COc1ccc(C=CC=CC(=O)N2CCN3CCN(C(=O)C=CC=Cc4ccc(OC)c(OC)c4)CC3C2)cc1OC. The Bertz CT molecular complexity index is 1260. The number of methoxy groups -OCH3 is 4. The molecule has 9 nitrogen and oxygen atoms in total. The Morgan fingerprint density at radius 1 is 0.619 bits per heavy atom. The molecule has 0 saturated carbocycles. The van der Waals surface area contributed by atoms with E-state index < -0.39 is 0 Å². The Labute approximate surface area is 247 Å². The molecule has 222 valence electrons. The van der Waals surface area contributed by atoms with Gasteiger partial charge in [-0.1, -0.05) is 48.6 Å². The lowest BCUT2D eigenvalue weighted by Gasteiger charge is -2.46. The van der Waals surface area contributed by atoms with E-state index in [9.17, 15) is 9.59 Å². The number of hydrogen-bond acceptors (Lipinski definition) is 7. The molecule has 2 aliphatic rings. The quantitative estimate of drug-likeness (QED) is 0.315. The van der Waals surface area contributed by atoms with E-state index in [2.05, 4.69) is 4.90 Å². The third-order valence-electron chi connectivity index (χ3n) is 7.41. The van der Waals surface area contributed by atoms with Gasteiger partial charge in [0.1, 0.15) is 0 Å². The number of hydrogen-bond donors (Lipinski definition) is 0. The maximum atomic E-state index is 12.9. The summed E-state index contributed by atoms with van der Waals surface area (Å²) in [6.07, 6.45) is 14.2. The van der Waals surface area contributed by atoms with Crippen LogP contribution in [-0.4, -0.2) is 100 Å². The molecule has 0 N–H and O–H groups in total. The number of allylic oxidation sites excluding steroid dienone is 4.